The molecule has 0 heterocycles. The van der Waals surface area contributed by atoms with E-state index >= 15 is 0 Å². The van der Waals surface area contributed by atoms with Crippen molar-refractivity contribution in [1.29, 1.82) is 0 Å². The van der Waals surface area contributed by atoms with Gasteiger partial charge in [0.05, 0.1) is 0 Å². The van der Waals surface area contributed by atoms with Crippen molar-refractivity contribution in [3.63, 3.8) is 0 Å². The van der Waals surface area contributed by atoms with E-state index in [1.807, 2.05) is 0 Å². The SMILES string of the molecule is O=C(O)CCCCCCCCCC=C1CC1. The second-order valence-electron chi connectivity index (χ2n) is 4.77. The van der Waals surface area contributed by atoms with Crippen LogP contribution in [0.15, 0.2) is 11.6 Å². The monoisotopic (exact) mass is 224 g/mol. The van der Waals surface area contributed by atoms with Crippen LogP contribution in [0.4, 0.5) is 0 Å². The predicted molar refractivity (Wildman–Crippen MR) is 66.5 cm³/mol. The normalized spacial score (nSPS) is 13.9. The van der Waals surface area contributed by atoms with Gasteiger partial charge in [0.2, 0.25) is 0 Å². The Morgan fingerprint density at radius 3 is 2.12 bits per heavy atom. The fraction of sp³-hybridized carbons (Fsp3) is 0.786. The van der Waals surface area contributed by atoms with E-state index < -0.39 is 5.97 Å². The molecule has 1 N–H and O–H groups in total. The first-order chi connectivity index (χ1) is 7.79. The van der Waals surface area contributed by atoms with E-state index in [-0.39, 0.29) is 0 Å². The molecule has 0 aliphatic heterocycles. The van der Waals surface area contributed by atoms with Crippen molar-refractivity contribution in [2.75, 3.05) is 0 Å². The maximum absolute atomic E-state index is 10.3. The van der Waals surface area contributed by atoms with Gasteiger partial charge in [0, 0.05) is 6.42 Å². The lowest BCUT2D eigenvalue weighted by atomic mass is 10.1. The summed E-state index contributed by atoms with van der Waals surface area (Å²) in [5.74, 6) is -0.659. The van der Waals surface area contributed by atoms with Crippen LogP contribution in [-0.2, 0) is 4.79 Å². The number of carboxylic acid groups (broad SMARTS) is 1. The number of carbonyl (C=O) groups is 1. The molecule has 0 atom stereocenters. The van der Waals surface area contributed by atoms with E-state index in [0.29, 0.717) is 6.42 Å². The number of hydrogen-bond donors (Lipinski definition) is 1. The number of aliphatic carboxylic acids is 1. The number of carboxylic acids is 1. The molecule has 1 saturated carbocycles. The smallest absolute Gasteiger partial charge is 0.303 e. The minimum Gasteiger partial charge on any atom is -0.481 e. The maximum atomic E-state index is 10.3. The molecule has 1 aliphatic carbocycles. The van der Waals surface area contributed by atoms with E-state index in [9.17, 15) is 4.79 Å². The average Bonchev–Trinajstić information content (AvgIpc) is 3.04. The van der Waals surface area contributed by atoms with Gasteiger partial charge in [0.25, 0.3) is 0 Å². The Bertz CT molecular complexity index is 225. The highest BCUT2D eigenvalue weighted by Crippen LogP contribution is 2.28. The summed E-state index contributed by atoms with van der Waals surface area (Å²) in [6, 6.07) is 0. The molecule has 0 radical (unpaired) electrons. The van der Waals surface area contributed by atoms with Gasteiger partial charge in [0.1, 0.15) is 0 Å². The van der Waals surface area contributed by atoms with Crippen molar-refractivity contribution in [3.05, 3.63) is 11.6 Å². The number of unbranched alkanes of at least 4 members (excludes halogenated alkanes) is 7. The molecule has 0 aromatic carbocycles. The topological polar surface area (TPSA) is 37.3 Å². The van der Waals surface area contributed by atoms with Gasteiger partial charge in [-0.15, -0.1) is 0 Å². The summed E-state index contributed by atoms with van der Waals surface area (Å²) >= 11 is 0. The molecule has 1 rings (SSSR count). The zero-order valence-corrected chi connectivity index (χ0v) is 10.2. The highest BCUT2D eigenvalue weighted by Gasteiger charge is 2.08. The van der Waals surface area contributed by atoms with Crippen LogP contribution < -0.4 is 0 Å². The molecule has 1 aliphatic rings. The second kappa shape index (κ2) is 8.37. The molecule has 1 fully saturated rings. The van der Waals surface area contributed by atoms with Crippen LogP contribution in [0.2, 0.25) is 0 Å². The van der Waals surface area contributed by atoms with Crippen molar-refractivity contribution in [2.24, 2.45) is 0 Å². The van der Waals surface area contributed by atoms with Crippen LogP contribution in [0.25, 0.3) is 0 Å². The minimum atomic E-state index is -0.659. The highest BCUT2D eigenvalue weighted by atomic mass is 16.4. The third-order valence-corrected chi connectivity index (χ3v) is 3.07. The molecule has 0 saturated heterocycles. The molecule has 2 nitrogen and oxygen atoms in total. The molecular weight excluding hydrogens is 200 g/mol. The van der Waals surface area contributed by atoms with Gasteiger partial charge in [-0.25, -0.2) is 0 Å². The van der Waals surface area contributed by atoms with Gasteiger partial charge >= 0.3 is 5.97 Å². The molecular formula is C14H24O2. The Balaban J connectivity index is 1.71. The van der Waals surface area contributed by atoms with E-state index in [4.69, 9.17) is 5.11 Å². The summed E-state index contributed by atoms with van der Waals surface area (Å²) in [5.41, 5.74) is 1.66. The van der Waals surface area contributed by atoms with Gasteiger partial charge in [-0.3, -0.25) is 4.79 Å². The summed E-state index contributed by atoms with van der Waals surface area (Å²) in [4.78, 5) is 10.3. The van der Waals surface area contributed by atoms with Crippen LogP contribution in [0.5, 0.6) is 0 Å². The Morgan fingerprint density at radius 1 is 1.00 bits per heavy atom. The molecule has 92 valence electrons. The molecule has 16 heavy (non-hydrogen) atoms. The summed E-state index contributed by atoms with van der Waals surface area (Å²) < 4.78 is 0. The van der Waals surface area contributed by atoms with Gasteiger partial charge in [0.15, 0.2) is 0 Å². The van der Waals surface area contributed by atoms with Crippen LogP contribution in [-0.4, -0.2) is 11.1 Å². The standard InChI is InChI=1S/C14H24O2/c15-14(16)10-8-6-4-2-1-3-5-7-9-13-11-12-13/h9H,1-8,10-12H2,(H,15,16). The van der Waals surface area contributed by atoms with Crippen LogP contribution in [0.3, 0.4) is 0 Å². The van der Waals surface area contributed by atoms with Crippen LogP contribution in [0, 0.1) is 0 Å². The second-order valence-corrected chi connectivity index (χ2v) is 4.77. The summed E-state index contributed by atoms with van der Waals surface area (Å²) in [5, 5.41) is 8.46. The van der Waals surface area contributed by atoms with Gasteiger partial charge in [-0.05, 0) is 32.1 Å². The quantitative estimate of drug-likeness (QED) is 0.443. The third-order valence-electron chi connectivity index (χ3n) is 3.07. The van der Waals surface area contributed by atoms with E-state index in [1.54, 1.807) is 5.57 Å². The third kappa shape index (κ3) is 8.51. The number of hydrogen-bond acceptors (Lipinski definition) is 1. The van der Waals surface area contributed by atoms with Gasteiger partial charge < -0.3 is 5.11 Å². The predicted octanol–water partition coefficient (Wildman–Crippen LogP) is 4.30. The lowest BCUT2D eigenvalue weighted by molar-refractivity contribution is -0.137. The zero-order chi connectivity index (χ0) is 11.6. The van der Waals surface area contributed by atoms with Gasteiger partial charge in [-0.1, -0.05) is 43.8 Å². The Kier molecular flexibility index (Phi) is 6.95. The summed E-state index contributed by atoms with van der Waals surface area (Å²) in [6.07, 6.45) is 15.1. The Morgan fingerprint density at radius 2 is 1.56 bits per heavy atom. The van der Waals surface area contributed by atoms with E-state index in [0.717, 1.165) is 12.8 Å². The maximum Gasteiger partial charge on any atom is 0.303 e. The van der Waals surface area contributed by atoms with Crippen molar-refractivity contribution in [2.45, 2.75) is 70.6 Å². The summed E-state index contributed by atoms with van der Waals surface area (Å²) in [6.45, 7) is 0. The van der Waals surface area contributed by atoms with E-state index in [1.165, 1.54) is 51.4 Å². The first-order valence-electron chi connectivity index (χ1n) is 6.69. The average molecular weight is 224 g/mol. The Hall–Kier alpha value is -0.790. The lowest BCUT2D eigenvalue weighted by Gasteiger charge is -1.99. The Labute approximate surface area is 98.7 Å². The van der Waals surface area contributed by atoms with Gasteiger partial charge in [-0.2, -0.15) is 0 Å². The first kappa shape index (κ1) is 13.3. The number of allylic oxidation sites excluding steroid dienone is 2. The number of rotatable bonds is 10. The van der Waals surface area contributed by atoms with Crippen molar-refractivity contribution in [1.82, 2.24) is 0 Å². The minimum absolute atomic E-state index is 0.341. The molecule has 0 amide bonds. The highest BCUT2D eigenvalue weighted by molar-refractivity contribution is 5.66. The van der Waals surface area contributed by atoms with Crippen molar-refractivity contribution >= 4 is 5.97 Å². The first-order valence-corrected chi connectivity index (χ1v) is 6.69. The van der Waals surface area contributed by atoms with Crippen molar-refractivity contribution < 1.29 is 9.90 Å². The van der Waals surface area contributed by atoms with E-state index in [2.05, 4.69) is 6.08 Å². The molecule has 0 spiro atoms. The molecule has 0 aromatic heterocycles. The van der Waals surface area contributed by atoms with Crippen LogP contribution in [0.1, 0.15) is 70.6 Å². The zero-order valence-electron chi connectivity index (χ0n) is 10.2. The largest absolute Gasteiger partial charge is 0.481 e. The molecule has 0 unspecified atom stereocenters. The lowest BCUT2D eigenvalue weighted by Crippen LogP contribution is -1.93. The molecule has 0 bridgehead atoms. The van der Waals surface area contributed by atoms with Crippen molar-refractivity contribution in [3.8, 4) is 0 Å². The fourth-order valence-electron chi connectivity index (χ4n) is 1.89. The fourth-order valence-corrected chi connectivity index (χ4v) is 1.89. The molecule has 2 heteroatoms. The molecule has 0 aromatic rings. The van der Waals surface area contributed by atoms with Crippen LogP contribution >= 0.6 is 0 Å². The summed E-state index contributed by atoms with van der Waals surface area (Å²) in [7, 11) is 0.